The number of nitrogens with one attached hydrogen (secondary N) is 2. The van der Waals surface area contributed by atoms with Gasteiger partial charge in [-0.05, 0) is 86.3 Å². The summed E-state index contributed by atoms with van der Waals surface area (Å²) >= 11 is 2.46. The van der Waals surface area contributed by atoms with Gasteiger partial charge < -0.3 is 9.47 Å². The van der Waals surface area contributed by atoms with Gasteiger partial charge in [0.1, 0.15) is 23.1 Å². The Kier molecular flexibility index (Phi) is 13.3. The van der Waals surface area contributed by atoms with Gasteiger partial charge in [0.05, 0.1) is 23.0 Å². The Morgan fingerprint density at radius 1 is 0.547 bits per heavy atom. The van der Waals surface area contributed by atoms with Gasteiger partial charge in [0, 0.05) is 83.4 Å². The molecule has 18 heteroatoms. The van der Waals surface area contributed by atoms with Crippen LogP contribution < -0.4 is 18.9 Å². The lowest BCUT2D eigenvalue weighted by atomic mass is 9.89. The molecule has 0 spiro atoms. The fraction of sp³-hybridized carbons (Fsp3) is 0.348. The number of thiazole rings is 2. The van der Waals surface area contributed by atoms with Gasteiger partial charge in [-0.25, -0.2) is 35.6 Å². The predicted molar refractivity (Wildman–Crippen MR) is 244 cm³/mol. The molecule has 0 unspecified atom stereocenters. The SMILES string of the molecule is O=S(=O)(Nc1nccs1)c1ccc2c(c1)OCC[C@@H]2N1CCCC[C@@H]1c1ccc(F)cc1.O=S(=O)(Nc1nccs1)c1ccc2c(c1)OCC[C@@H]2N1CCCC[C@H]1c1ccc(F)cc1. The van der Waals surface area contributed by atoms with Crippen LogP contribution >= 0.6 is 22.7 Å². The molecule has 2 saturated heterocycles. The van der Waals surface area contributed by atoms with E-state index < -0.39 is 20.0 Å². The van der Waals surface area contributed by atoms with Crippen LogP contribution in [0.4, 0.5) is 19.0 Å². The van der Waals surface area contributed by atoms with Crippen molar-refractivity contribution in [2.45, 2.75) is 85.3 Å². The van der Waals surface area contributed by atoms with E-state index in [0.717, 1.165) is 86.7 Å². The van der Waals surface area contributed by atoms with Crippen LogP contribution in [0.25, 0.3) is 0 Å². The first kappa shape index (κ1) is 44.2. The summed E-state index contributed by atoms with van der Waals surface area (Å²) in [5.74, 6) is 0.749. The van der Waals surface area contributed by atoms with Crippen LogP contribution in [-0.2, 0) is 20.0 Å². The van der Waals surface area contributed by atoms with E-state index in [1.807, 2.05) is 36.4 Å². The van der Waals surface area contributed by atoms with Crippen molar-refractivity contribution in [3.8, 4) is 11.5 Å². The van der Waals surface area contributed by atoms with Crippen molar-refractivity contribution < 1.29 is 35.1 Å². The number of halogens is 2. The molecule has 0 amide bonds. The molecule has 6 heterocycles. The standard InChI is InChI=1S/2C23H24FN3O3S2/c2*24-17-6-4-16(5-7-17)20-3-1-2-12-27(20)21-10-13-30-22-15-18(8-9-19(21)22)32(28,29)26-23-25-11-14-31-23/h2*4-9,11,14-15,20-21H,1-3,10,12-13H2,(H,25,26)/t20-,21+;20-,21-/m10/s1. The lowest BCUT2D eigenvalue weighted by Crippen LogP contribution is -2.38. The van der Waals surface area contributed by atoms with Crippen molar-refractivity contribution in [1.82, 2.24) is 19.8 Å². The number of aromatic nitrogens is 2. The third-order valence-corrected chi connectivity index (χ3v) is 16.6. The number of sulfonamides is 2. The van der Waals surface area contributed by atoms with E-state index in [0.29, 0.717) is 35.0 Å². The highest BCUT2D eigenvalue weighted by atomic mass is 32.2. The van der Waals surface area contributed by atoms with Crippen LogP contribution in [0.1, 0.15) is 97.8 Å². The molecule has 4 aliphatic heterocycles. The van der Waals surface area contributed by atoms with Crippen LogP contribution in [0.15, 0.2) is 118 Å². The Morgan fingerprint density at radius 2 is 0.969 bits per heavy atom. The van der Waals surface area contributed by atoms with Gasteiger partial charge in [-0.15, -0.1) is 22.7 Å². The minimum absolute atomic E-state index is 0.123. The molecule has 2 fully saturated rings. The molecular formula is C46H48F2N6O6S4. The fourth-order valence-electron chi connectivity index (χ4n) is 9.36. The van der Waals surface area contributed by atoms with Crippen molar-refractivity contribution in [1.29, 1.82) is 0 Å². The average Bonchev–Trinajstić information content (AvgIpc) is 4.03. The summed E-state index contributed by atoms with van der Waals surface area (Å²) in [6, 6.07) is 24.4. The lowest BCUT2D eigenvalue weighted by Gasteiger charge is -2.43. The van der Waals surface area contributed by atoms with Crippen molar-refractivity contribution in [3.05, 3.63) is 142 Å². The first-order valence-corrected chi connectivity index (χ1v) is 26.2. The summed E-state index contributed by atoms with van der Waals surface area (Å²) in [5.41, 5.74) is 4.23. The van der Waals surface area contributed by atoms with Gasteiger partial charge in [-0.2, -0.15) is 0 Å². The zero-order chi connectivity index (χ0) is 44.3. The molecule has 10 rings (SSSR count). The van der Waals surface area contributed by atoms with Crippen molar-refractivity contribution in [3.63, 3.8) is 0 Å². The van der Waals surface area contributed by atoms with E-state index in [1.165, 1.54) is 46.9 Å². The van der Waals surface area contributed by atoms with Gasteiger partial charge >= 0.3 is 0 Å². The second-order valence-corrected chi connectivity index (χ2v) is 21.3. The zero-order valence-corrected chi connectivity index (χ0v) is 38.1. The molecule has 4 aliphatic rings. The molecule has 0 aliphatic carbocycles. The Morgan fingerprint density at radius 3 is 1.36 bits per heavy atom. The van der Waals surface area contributed by atoms with Crippen LogP contribution in [0.3, 0.4) is 0 Å². The predicted octanol–water partition coefficient (Wildman–Crippen LogP) is 10.3. The van der Waals surface area contributed by atoms with Gasteiger partial charge in [0.2, 0.25) is 0 Å². The summed E-state index contributed by atoms with van der Waals surface area (Å²) in [4.78, 5) is 13.2. The normalized spacial score (nSPS) is 21.5. The van der Waals surface area contributed by atoms with E-state index in [-0.39, 0.29) is 45.6 Å². The average molecular weight is 947 g/mol. The lowest BCUT2D eigenvalue weighted by molar-refractivity contribution is 0.0667. The number of ether oxygens (including phenoxy) is 2. The number of fused-ring (bicyclic) bond motifs is 2. The highest BCUT2D eigenvalue weighted by Crippen LogP contribution is 2.46. The van der Waals surface area contributed by atoms with Crippen LogP contribution in [0.5, 0.6) is 11.5 Å². The first-order valence-electron chi connectivity index (χ1n) is 21.4. The molecule has 0 bridgehead atoms. The Hall–Kier alpha value is -4.98. The van der Waals surface area contributed by atoms with E-state index in [1.54, 1.807) is 47.4 Å². The summed E-state index contributed by atoms with van der Waals surface area (Å²) in [6.45, 7) is 2.93. The molecule has 4 aromatic carbocycles. The van der Waals surface area contributed by atoms with E-state index in [2.05, 4.69) is 29.2 Å². The van der Waals surface area contributed by atoms with Crippen LogP contribution in [0, 0.1) is 11.6 Å². The maximum absolute atomic E-state index is 13.5. The monoisotopic (exact) mass is 946 g/mol. The van der Waals surface area contributed by atoms with Gasteiger partial charge in [0.25, 0.3) is 20.0 Å². The highest BCUT2D eigenvalue weighted by molar-refractivity contribution is 7.93. The summed E-state index contributed by atoms with van der Waals surface area (Å²) in [5, 5.41) is 4.09. The van der Waals surface area contributed by atoms with E-state index in [4.69, 9.17) is 9.47 Å². The second kappa shape index (κ2) is 19.2. The second-order valence-electron chi connectivity index (χ2n) is 16.2. The first-order chi connectivity index (χ1) is 31.0. The molecule has 6 aromatic rings. The Balaban J connectivity index is 0.000000162. The molecule has 4 atom stereocenters. The molecule has 0 radical (unpaired) electrons. The van der Waals surface area contributed by atoms with E-state index >= 15 is 0 Å². The summed E-state index contributed by atoms with van der Waals surface area (Å²) < 4.78 is 94.9. The number of hydrogen-bond acceptors (Lipinski definition) is 12. The number of anilines is 2. The van der Waals surface area contributed by atoms with Gasteiger partial charge in [0.15, 0.2) is 10.3 Å². The zero-order valence-electron chi connectivity index (χ0n) is 34.8. The van der Waals surface area contributed by atoms with Gasteiger partial charge in [-0.1, -0.05) is 49.2 Å². The fourth-order valence-corrected chi connectivity index (χ4v) is 13.0. The molecular weight excluding hydrogens is 899 g/mol. The van der Waals surface area contributed by atoms with Crippen molar-refractivity contribution >= 4 is 53.0 Å². The Bertz CT molecular complexity index is 2560. The Labute approximate surface area is 380 Å². The topological polar surface area (TPSA) is 143 Å². The number of likely N-dealkylation sites (tertiary alicyclic amines) is 2. The molecule has 2 N–H and O–H groups in total. The largest absolute Gasteiger partial charge is 0.493 e. The third-order valence-electron chi connectivity index (χ3n) is 12.3. The molecule has 12 nitrogen and oxygen atoms in total. The third kappa shape index (κ3) is 9.82. The summed E-state index contributed by atoms with van der Waals surface area (Å²) in [6.07, 6.45) is 11.3. The molecule has 336 valence electrons. The number of piperidine rings is 2. The maximum atomic E-state index is 13.5. The smallest absolute Gasteiger partial charge is 0.263 e. The van der Waals surface area contributed by atoms with Crippen molar-refractivity contribution in [2.24, 2.45) is 0 Å². The maximum Gasteiger partial charge on any atom is 0.263 e. The van der Waals surface area contributed by atoms with Crippen molar-refractivity contribution in [2.75, 3.05) is 35.7 Å². The highest BCUT2D eigenvalue weighted by Gasteiger charge is 2.36. The quantitative estimate of drug-likeness (QED) is 0.136. The number of rotatable bonds is 10. The minimum Gasteiger partial charge on any atom is -0.493 e. The molecule has 0 saturated carbocycles. The van der Waals surface area contributed by atoms with Crippen LogP contribution in [-0.4, -0.2) is 62.9 Å². The van der Waals surface area contributed by atoms with Crippen LogP contribution in [0.2, 0.25) is 0 Å². The van der Waals surface area contributed by atoms with E-state index in [9.17, 15) is 25.6 Å². The van der Waals surface area contributed by atoms with Gasteiger partial charge in [-0.3, -0.25) is 19.2 Å². The number of benzene rings is 4. The summed E-state index contributed by atoms with van der Waals surface area (Å²) in [7, 11) is -7.50. The molecule has 2 aromatic heterocycles. The minimum atomic E-state index is -3.75. The molecule has 64 heavy (non-hydrogen) atoms. The number of hydrogen-bond donors (Lipinski definition) is 2. The number of nitrogens with zero attached hydrogens (tertiary/aromatic N) is 4.